The van der Waals surface area contributed by atoms with Gasteiger partial charge in [0.1, 0.15) is 22.0 Å². The van der Waals surface area contributed by atoms with E-state index in [0.29, 0.717) is 23.2 Å². The van der Waals surface area contributed by atoms with Crippen LogP contribution in [0.2, 0.25) is 0 Å². The molecule has 1 heterocycles. The predicted molar refractivity (Wildman–Crippen MR) is 132 cm³/mol. The minimum Gasteiger partial charge on any atom is -0.460 e. The molecule has 1 aromatic heterocycles. The monoisotopic (exact) mass is 524 g/mol. The van der Waals surface area contributed by atoms with E-state index < -0.39 is 25.7 Å². The standard InChI is InChI=1S/C25H20N2O9S/c1-2-3-4-23-24(21-15-18(27(31)32)9-14-22(21)35-23)25(28)16-5-10-19(11-6-16)36-37(33,34)20-12-7-17(8-13-20)26(29)30/h5-15H,2-4H2,1H3. The third-order valence-electron chi connectivity index (χ3n) is 5.60. The lowest BCUT2D eigenvalue weighted by Gasteiger charge is -2.08. The van der Waals surface area contributed by atoms with Crippen LogP contribution in [-0.4, -0.2) is 24.0 Å². The van der Waals surface area contributed by atoms with Crippen LogP contribution in [0.4, 0.5) is 11.4 Å². The molecule has 0 spiro atoms. The number of carbonyl (C=O) groups is 1. The predicted octanol–water partition coefficient (Wildman–Crippen LogP) is 5.59. The second-order valence-electron chi connectivity index (χ2n) is 8.08. The summed E-state index contributed by atoms with van der Waals surface area (Å²) in [5.41, 5.74) is 0.336. The number of furan rings is 1. The smallest absolute Gasteiger partial charge is 0.339 e. The number of ketones is 1. The Morgan fingerprint density at radius 2 is 1.54 bits per heavy atom. The van der Waals surface area contributed by atoms with Gasteiger partial charge in [0, 0.05) is 41.6 Å². The van der Waals surface area contributed by atoms with E-state index in [9.17, 15) is 33.4 Å². The van der Waals surface area contributed by atoms with Crippen molar-refractivity contribution in [2.24, 2.45) is 0 Å². The third-order valence-corrected chi connectivity index (χ3v) is 6.86. The van der Waals surface area contributed by atoms with Gasteiger partial charge >= 0.3 is 10.1 Å². The lowest BCUT2D eigenvalue weighted by molar-refractivity contribution is -0.385. The highest BCUT2D eigenvalue weighted by molar-refractivity contribution is 7.87. The van der Waals surface area contributed by atoms with Crippen molar-refractivity contribution in [2.75, 3.05) is 0 Å². The third kappa shape index (κ3) is 5.33. The molecule has 37 heavy (non-hydrogen) atoms. The molecule has 0 fully saturated rings. The van der Waals surface area contributed by atoms with Crippen LogP contribution in [-0.2, 0) is 16.5 Å². The summed E-state index contributed by atoms with van der Waals surface area (Å²) in [4.78, 5) is 34.0. The van der Waals surface area contributed by atoms with Crippen molar-refractivity contribution in [3.8, 4) is 5.75 Å². The Labute approximate surface area is 210 Å². The fourth-order valence-corrected chi connectivity index (χ4v) is 4.66. The molecule has 0 N–H and O–H groups in total. The van der Waals surface area contributed by atoms with Gasteiger partial charge in [-0.25, -0.2) is 0 Å². The molecule has 190 valence electrons. The molecule has 0 radical (unpaired) electrons. The SMILES string of the molecule is CCCCc1oc2ccc([N+](=O)[O-])cc2c1C(=O)c1ccc(OS(=O)(=O)c2ccc([N+](=O)[O-])cc2)cc1. The molecule has 0 aliphatic carbocycles. The van der Waals surface area contributed by atoms with Crippen LogP contribution in [0.25, 0.3) is 11.0 Å². The van der Waals surface area contributed by atoms with E-state index in [1.807, 2.05) is 6.92 Å². The average molecular weight is 525 g/mol. The van der Waals surface area contributed by atoms with Gasteiger partial charge in [0.25, 0.3) is 11.4 Å². The van der Waals surface area contributed by atoms with E-state index >= 15 is 0 Å². The van der Waals surface area contributed by atoms with E-state index in [2.05, 4.69) is 0 Å². The average Bonchev–Trinajstić information content (AvgIpc) is 3.24. The Kier molecular flexibility index (Phi) is 7.02. The van der Waals surface area contributed by atoms with Crippen molar-refractivity contribution in [2.45, 2.75) is 31.1 Å². The molecular formula is C25H20N2O9S. The zero-order chi connectivity index (χ0) is 26.7. The maximum Gasteiger partial charge on any atom is 0.339 e. The van der Waals surface area contributed by atoms with Crippen LogP contribution in [0.1, 0.15) is 41.4 Å². The molecule has 4 aromatic rings. The van der Waals surface area contributed by atoms with Gasteiger partial charge < -0.3 is 8.60 Å². The maximum atomic E-state index is 13.4. The summed E-state index contributed by atoms with van der Waals surface area (Å²) in [7, 11) is -4.28. The lowest BCUT2D eigenvalue weighted by atomic mass is 9.98. The lowest BCUT2D eigenvalue weighted by Crippen LogP contribution is -2.10. The van der Waals surface area contributed by atoms with Gasteiger partial charge in [-0.15, -0.1) is 0 Å². The number of non-ortho nitro benzene ring substituents is 2. The molecule has 0 saturated heterocycles. The summed E-state index contributed by atoms with van der Waals surface area (Å²) >= 11 is 0. The van der Waals surface area contributed by atoms with Crippen LogP contribution in [0.3, 0.4) is 0 Å². The Balaban J connectivity index is 1.63. The van der Waals surface area contributed by atoms with E-state index in [-0.39, 0.29) is 33.1 Å². The van der Waals surface area contributed by atoms with Gasteiger partial charge in [0.2, 0.25) is 0 Å². The number of aryl methyl sites for hydroxylation is 1. The Morgan fingerprint density at radius 3 is 2.14 bits per heavy atom. The number of benzene rings is 3. The van der Waals surface area contributed by atoms with Gasteiger partial charge in [0.15, 0.2) is 5.78 Å². The molecule has 0 unspecified atom stereocenters. The zero-order valence-corrected chi connectivity index (χ0v) is 20.3. The number of carbonyl (C=O) groups excluding carboxylic acids is 1. The Morgan fingerprint density at radius 1 is 0.919 bits per heavy atom. The fraction of sp³-hybridized carbons (Fsp3) is 0.160. The van der Waals surface area contributed by atoms with Crippen LogP contribution in [0.5, 0.6) is 5.75 Å². The van der Waals surface area contributed by atoms with Gasteiger partial charge in [-0.2, -0.15) is 8.42 Å². The number of hydrogen-bond donors (Lipinski definition) is 0. The molecule has 11 nitrogen and oxygen atoms in total. The van der Waals surface area contributed by atoms with Gasteiger partial charge in [0.05, 0.1) is 15.4 Å². The fourth-order valence-electron chi connectivity index (χ4n) is 3.73. The van der Waals surface area contributed by atoms with Crippen molar-refractivity contribution in [1.82, 2.24) is 0 Å². The van der Waals surface area contributed by atoms with Crippen LogP contribution in [0.15, 0.2) is 76.0 Å². The first-order chi connectivity index (χ1) is 17.6. The number of rotatable bonds is 10. The number of nitro benzene ring substituents is 2. The quantitative estimate of drug-likeness (QED) is 0.111. The summed E-state index contributed by atoms with van der Waals surface area (Å²) in [6.07, 6.45) is 2.06. The molecule has 0 aliphatic rings. The van der Waals surface area contributed by atoms with Crippen LogP contribution >= 0.6 is 0 Å². The van der Waals surface area contributed by atoms with Gasteiger partial charge in [-0.1, -0.05) is 13.3 Å². The molecule has 4 rings (SSSR count). The highest BCUT2D eigenvalue weighted by Gasteiger charge is 2.24. The Hall–Kier alpha value is -4.58. The number of unbranched alkanes of at least 4 members (excludes halogenated alkanes) is 1. The van der Waals surface area contributed by atoms with Crippen molar-refractivity contribution in [1.29, 1.82) is 0 Å². The number of fused-ring (bicyclic) bond motifs is 1. The minimum atomic E-state index is -4.28. The van der Waals surface area contributed by atoms with Crippen molar-refractivity contribution >= 4 is 38.2 Å². The number of nitro groups is 2. The van der Waals surface area contributed by atoms with E-state index in [4.69, 9.17) is 8.60 Å². The zero-order valence-electron chi connectivity index (χ0n) is 19.4. The second-order valence-corrected chi connectivity index (χ2v) is 9.63. The molecule has 0 bridgehead atoms. The van der Waals surface area contributed by atoms with Gasteiger partial charge in [-0.3, -0.25) is 25.0 Å². The number of nitrogens with zero attached hydrogens (tertiary/aromatic N) is 2. The van der Waals surface area contributed by atoms with E-state index in [0.717, 1.165) is 37.1 Å². The first kappa shape index (κ1) is 25.5. The molecule has 0 atom stereocenters. The summed E-state index contributed by atoms with van der Waals surface area (Å²) in [5.74, 6) is -0.0904. The first-order valence-electron chi connectivity index (χ1n) is 11.1. The maximum absolute atomic E-state index is 13.4. The van der Waals surface area contributed by atoms with E-state index in [1.165, 1.54) is 42.5 Å². The second kappa shape index (κ2) is 10.2. The summed E-state index contributed by atoms with van der Waals surface area (Å²) in [5, 5.41) is 22.4. The van der Waals surface area contributed by atoms with Crippen molar-refractivity contribution < 1.29 is 31.7 Å². The molecule has 0 saturated carbocycles. The highest BCUT2D eigenvalue weighted by Crippen LogP contribution is 2.32. The first-order valence-corrected chi connectivity index (χ1v) is 12.5. The normalized spacial score (nSPS) is 11.4. The van der Waals surface area contributed by atoms with Crippen LogP contribution in [0, 0.1) is 20.2 Å². The van der Waals surface area contributed by atoms with E-state index in [1.54, 1.807) is 0 Å². The number of hydrogen-bond acceptors (Lipinski definition) is 9. The Bertz CT molecular complexity index is 1610. The minimum absolute atomic E-state index is 0.0752. The summed E-state index contributed by atoms with van der Waals surface area (Å²) in [6, 6.07) is 13.6. The van der Waals surface area contributed by atoms with Crippen molar-refractivity contribution in [3.63, 3.8) is 0 Å². The van der Waals surface area contributed by atoms with Crippen LogP contribution < -0.4 is 4.18 Å². The molecule has 0 aliphatic heterocycles. The van der Waals surface area contributed by atoms with Crippen molar-refractivity contribution in [3.05, 3.63) is 104 Å². The molecule has 12 heteroatoms. The van der Waals surface area contributed by atoms with Gasteiger partial charge in [-0.05, 0) is 48.9 Å². The summed E-state index contributed by atoms with van der Waals surface area (Å²) < 4.78 is 36.0. The molecular weight excluding hydrogens is 504 g/mol. The highest BCUT2D eigenvalue weighted by atomic mass is 32.2. The summed E-state index contributed by atoms with van der Waals surface area (Å²) in [6.45, 7) is 1.98. The largest absolute Gasteiger partial charge is 0.460 e. The molecule has 0 amide bonds. The topological polar surface area (TPSA) is 160 Å². The molecule has 3 aromatic carbocycles.